The van der Waals surface area contributed by atoms with Gasteiger partial charge in [-0.2, -0.15) is 13.2 Å². The van der Waals surface area contributed by atoms with E-state index in [1.165, 1.54) is 0 Å². The molecule has 7 heteroatoms. The molecule has 0 bridgehead atoms. The SMILES string of the molecule is Cc1ccc(C(=O)Nc2cc(N3CCN(C)CC3)cc(C(F)(F)F)c2)cc1. The van der Waals surface area contributed by atoms with Gasteiger partial charge in [0.05, 0.1) is 5.56 Å². The molecule has 2 aromatic carbocycles. The van der Waals surface area contributed by atoms with Gasteiger partial charge in [0.15, 0.2) is 0 Å². The van der Waals surface area contributed by atoms with Gasteiger partial charge in [-0.3, -0.25) is 4.79 Å². The van der Waals surface area contributed by atoms with Crippen molar-refractivity contribution in [2.75, 3.05) is 43.4 Å². The predicted octanol–water partition coefficient (Wildman–Crippen LogP) is 4.02. The molecule has 3 rings (SSSR count). The van der Waals surface area contributed by atoms with Crippen molar-refractivity contribution in [3.8, 4) is 0 Å². The summed E-state index contributed by atoms with van der Waals surface area (Å²) < 4.78 is 40.0. The Bertz CT molecular complexity index is 810. The van der Waals surface area contributed by atoms with Crippen molar-refractivity contribution < 1.29 is 18.0 Å². The standard InChI is InChI=1S/C20H22F3N3O/c1-14-3-5-15(6-4-14)19(27)24-17-11-16(20(21,22)23)12-18(13-17)26-9-7-25(2)8-10-26/h3-6,11-13H,7-10H2,1-2H3,(H,24,27). The molecule has 144 valence electrons. The van der Waals surface area contributed by atoms with Crippen molar-refractivity contribution in [1.82, 2.24) is 4.90 Å². The Hall–Kier alpha value is -2.54. The fourth-order valence-corrected chi connectivity index (χ4v) is 3.00. The molecule has 1 amide bonds. The number of benzene rings is 2. The van der Waals surface area contributed by atoms with Crippen LogP contribution < -0.4 is 10.2 Å². The van der Waals surface area contributed by atoms with Gasteiger partial charge >= 0.3 is 6.18 Å². The highest BCUT2D eigenvalue weighted by atomic mass is 19.4. The van der Waals surface area contributed by atoms with Crippen LogP contribution >= 0.6 is 0 Å². The molecular weight excluding hydrogens is 355 g/mol. The molecule has 2 aromatic rings. The summed E-state index contributed by atoms with van der Waals surface area (Å²) in [5.41, 5.74) is 1.25. The molecule has 27 heavy (non-hydrogen) atoms. The lowest BCUT2D eigenvalue weighted by Crippen LogP contribution is -2.44. The van der Waals surface area contributed by atoms with Gasteiger partial charge in [0.1, 0.15) is 0 Å². The third-order valence-electron chi connectivity index (χ3n) is 4.69. The van der Waals surface area contributed by atoms with Crippen molar-refractivity contribution in [2.24, 2.45) is 0 Å². The third kappa shape index (κ3) is 4.80. The first-order chi connectivity index (χ1) is 12.7. The van der Waals surface area contributed by atoms with Gasteiger partial charge in [0.25, 0.3) is 5.91 Å². The van der Waals surface area contributed by atoms with E-state index < -0.39 is 17.6 Å². The highest BCUT2D eigenvalue weighted by Gasteiger charge is 2.32. The van der Waals surface area contributed by atoms with Crippen molar-refractivity contribution in [2.45, 2.75) is 13.1 Å². The van der Waals surface area contributed by atoms with Crippen LogP contribution in [0, 0.1) is 6.92 Å². The van der Waals surface area contributed by atoms with Crippen LogP contribution in [-0.4, -0.2) is 44.0 Å². The fourth-order valence-electron chi connectivity index (χ4n) is 3.00. The quantitative estimate of drug-likeness (QED) is 0.878. The molecule has 1 saturated heterocycles. The van der Waals surface area contributed by atoms with E-state index in [1.54, 1.807) is 30.3 Å². The number of hydrogen-bond donors (Lipinski definition) is 1. The van der Waals surface area contributed by atoms with Gasteiger partial charge in [0.2, 0.25) is 0 Å². The zero-order valence-electron chi connectivity index (χ0n) is 15.3. The van der Waals surface area contributed by atoms with Crippen molar-refractivity contribution in [3.63, 3.8) is 0 Å². The summed E-state index contributed by atoms with van der Waals surface area (Å²) in [5.74, 6) is -0.432. The number of amides is 1. The van der Waals surface area contributed by atoms with E-state index >= 15 is 0 Å². The maximum absolute atomic E-state index is 13.3. The second kappa shape index (κ2) is 7.60. The maximum atomic E-state index is 13.3. The van der Waals surface area contributed by atoms with E-state index in [-0.39, 0.29) is 5.69 Å². The average Bonchev–Trinajstić information content (AvgIpc) is 2.62. The Kier molecular flexibility index (Phi) is 5.41. The normalized spacial score (nSPS) is 15.7. The molecule has 0 aromatic heterocycles. The Labute approximate surface area is 156 Å². The molecule has 1 heterocycles. The number of alkyl halides is 3. The molecule has 4 nitrogen and oxygen atoms in total. The highest BCUT2D eigenvalue weighted by molar-refractivity contribution is 6.04. The van der Waals surface area contributed by atoms with Crippen molar-refractivity contribution in [1.29, 1.82) is 0 Å². The lowest BCUT2D eigenvalue weighted by molar-refractivity contribution is -0.137. The second-order valence-electron chi connectivity index (χ2n) is 6.88. The molecule has 0 unspecified atom stereocenters. The molecule has 1 aliphatic heterocycles. The minimum absolute atomic E-state index is 0.143. The molecule has 1 N–H and O–H groups in total. The minimum Gasteiger partial charge on any atom is -0.369 e. The zero-order valence-corrected chi connectivity index (χ0v) is 15.3. The van der Waals surface area contributed by atoms with Crippen LogP contribution in [0.5, 0.6) is 0 Å². The number of carbonyl (C=O) groups is 1. The Balaban J connectivity index is 1.88. The maximum Gasteiger partial charge on any atom is 0.416 e. The topological polar surface area (TPSA) is 35.6 Å². The minimum atomic E-state index is -4.48. The molecule has 0 aliphatic carbocycles. The van der Waals surface area contributed by atoms with Crippen LogP contribution in [0.25, 0.3) is 0 Å². The van der Waals surface area contributed by atoms with Crippen molar-refractivity contribution in [3.05, 3.63) is 59.2 Å². The third-order valence-corrected chi connectivity index (χ3v) is 4.69. The first-order valence-electron chi connectivity index (χ1n) is 8.76. The van der Waals surface area contributed by atoms with E-state index in [0.717, 1.165) is 30.8 Å². The lowest BCUT2D eigenvalue weighted by atomic mass is 10.1. The van der Waals surface area contributed by atoms with Crippen LogP contribution in [0.3, 0.4) is 0 Å². The van der Waals surface area contributed by atoms with Gasteiger partial charge < -0.3 is 15.1 Å². The van der Waals surface area contributed by atoms with Gasteiger partial charge in [-0.25, -0.2) is 0 Å². The summed E-state index contributed by atoms with van der Waals surface area (Å²) in [6, 6.07) is 10.6. The molecule has 1 aliphatic rings. The number of hydrogen-bond acceptors (Lipinski definition) is 3. The van der Waals surface area contributed by atoms with Crippen molar-refractivity contribution >= 4 is 17.3 Å². The summed E-state index contributed by atoms with van der Waals surface area (Å²) >= 11 is 0. The summed E-state index contributed by atoms with van der Waals surface area (Å²) in [7, 11) is 1.98. The lowest BCUT2D eigenvalue weighted by Gasteiger charge is -2.34. The Morgan fingerprint density at radius 3 is 2.22 bits per heavy atom. The highest BCUT2D eigenvalue weighted by Crippen LogP contribution is 2.35. The van der Waals surface area contributed by atoms with Gasteiger partial charge in [-0.15, -0.1) is 0 Å². The van der Waals surface area contributed by atoms with E-state index in [1.807, 2.05) is 18.9 Å². The predicted molar refractivity (Wildman–Crippen MR) is 100 cm³/mol. The number of piperazine rings is 1. The summed E-state index contributed by atoms with van der Waals surface area (Å²) in [6.45, 7) is 4.74. The second-order valence-corrected chi connectivity index (χ2v) is 6.88. The van der Waals surface area contributed by atoms with Crippen LogP contribution in [0.4, 0.5) is 24.5 Å². The van der Waals surface area contributed by atoms with Crippen LogP contribution in [0.1, 0.15) is 21.5 Å². The monoisotopic (exact) mass is 377 g/mol. The number of likely N-dealkylation sites (N-methyl/N-ethyl adjacent to an activating group) is 1. The molecule has 1 fully saturated rings. The first kappa shape index (κ1) is 19.2. The smallest absolute Gasteiger partial charge is 0.369 e. The molecule has 0 spiro atoms. The molecule has 0 saturated carbocycles. The number of nitrogens with one attached hydrogen (secondary N) is 1. The zero-order chi connectivity index (χ0) is 19.6. The average molecular weight is 377 g/mol. The van der Waals surface area contributed by atoms with E-state index in [0.29, 0.717) is 24.3 Å². The van der Waals surface area contributed by atoms with Gasteiger partial charge in [0, 0.05) is 43.1 Å². The first-order valence-corrected chi connectivity index (χ1v) is 8.76. The number of rotatable bonds is 3. The van der Waals surface area contributed by atoms with Gasteiger partial charge in [-0.05, 0) is 44.3 Å². The summed E-state index contributed by atoms with van der Waals surface area (Å²) in [4.78, 5) is 16.4. The number of carbonyl (C=O) groups excluding carboxylic acids is 1. The van der Waals surface area contributed by atoms with Gasteiger partial charge in [-0.1, -0.05) is 17.7 Å². The fraction of sp³-hybridized carbons (Fsp3) is 0.350. The van der Waals surface area contributed by atoms with E-state index in [4.69, 9.17) is 0 Å². The van der Waals surface area contributed by atoms with E-state index in [9.17, 15) is 18.0 Å². The Morgan fingerprint density at radius 1 is 1.00 bits per heavy atom. The summed E-state index contributed by atoms with van der Waals surface area (Å²) in [6.07, 6.45) is -4.48. The number of anilines is 2. The number of aryl methyl sites for hydroxylation is 1. The van der Waals surface area contributed by atoms with Crippen LogP contribution in [0.2, 0.25) is 0 Å². The van der Waals surface area contributed by atoms with Crippen LogP contribution in [-0.2, 0) is 6.18 Å². The van der Waals surface area contributed by atoms with E-state index in [2.05, 4.69) is 10.2 Å². The van der Waals surface area contributed by atoms with Crippen LogP contribution in [0.15, 0.2) is 42.5 Å². The number of nitrogens with zero attached hydrogens (tertiary/aromatic N) is 2. The molecular formula is C20H22F3N3O. The Morgan fingerprint density at radius 2 is 1.63 bits per heavy atom. The molecule has 0 radical (unpaired) electrons. The molecule has 0 atom stereocenters. The number of halogens is 3. The summed E-state index contributed by atoms with van der Waals surface area (Å²) in [5, 5.41) is 2.60. The largest absolute Gasteiger partial charge is 0.416 e.